The summed E-state index contributed by atoms with van der Waals surface area (Å²) in [7, 11) is 1.29. The number of phenols is 1. The lowest BCUT2D eigenvalue weighted by atomic mass is 10.1. The molecule has 0 heterocycles. The molecule has 0 aliphatic rings. The molecular formula is C9H9FO3. The number of ketones is 1. The summed E-state index contributed by atoms with van der Waals surface area (Å²) in [5.41, 5.74) is 0.173. The molecule has 0 bridgehead atoms. The highest BCUT2D eigenvalue weighted by Gasteiger charge is 2.11. The van der Waals surface area contributed by atoms with Crippen LogP contribution in [0.1, 0.15) is 17.3 Å². The van der Waals surface area contributed by atoms with Crippen molar-refractivity contribution >= 4 is 5.78 Å². The standard InChI is InChI=1S/C9H9FO3/c1-5(11)6-3-7(10)9(12)8(4-6)13-2/h3-4,12H,1-2H3. The van der Waals surface area contributed by atoms with Crippen LogP contribution in [-0.4, -0.2) is 18.0 Å². The second-order valence-corrected chi connectivity index (χ2v) is 2.57. The predicted molar refractivity (Wildman–Crippen MR) is 44.6 cm³/mol. The molecular weight excluding hydrogens is 175 g/mol. The lowest BCUT2D eigenvalue weighted by Gasteiger charge is -2.05. The third-order valence-electron chi connectivity index (χ3n) is 1.65. The van der Waals surface area contributed by atoms with Crippen LogP contribution in [0, 0.1) is 5.82 Å². The van der Waals surface area contributed by atoms with E-state index in [-0.39, 0.29) is 17.1 Å². The number of benzene rings is 1. The number of methoxy groups -OCH3 is 1. The van der Waals surface area contributed by atoms with Gasteiger partial charge in [-0.3, -0.25) is 4.79 Å². The van der Waals surface area contributed by atoms with Crippen molar-refractivity contribution in [2.45, 2.75) is 6.92 Å². The van der Waals surface area contributed by atoms with Gasteiger partial charge in [0, 0.05) is 5.56 Å². The van der Waals surface area contributed by atoms with Gasteiger partial charge in [0.25, 0.3) is 0 Å². The number of hydrogen-bond donors (Lipinski definition) is 1. The Balaban J connectivity index is 3.30. The van der Waals surface area contributed by atoms with E-state index in [0.717, 1.165) is 6.07 Å². The van der Waals surface area contributed by atoms with Crippen LogP contribution < -0.4 is 4.74 Å². The fraction of sp³-hybridized carbons (Fsp3) is 0.222. The molecule has 0 atom stereocenters. The molecule has 0 saturated heterocycles. The van der Waals surface area contributed by atoms with Crippen LogP contribution in [0.5, 0.6) is 11.5 Å². The van der Waals surface area contributed by atoms with Crippen molar-refractivity contribution in [1.82, 2.24) is 0 Å². The van der Waals surface area contributed by atoms with Gasteiger partial charge < -0.3 is 9.84 Å². The zero-order chi connectivity index (χ0) is 10.0. The molecule has 0 spiro atoms. The van der Waals surface area contributed by atoms with Gasteiger partial charge in [-0.05, 0) is 19.1 Å². The minimum Gasteiger partial charge on any atom is -0.502 e. The van der Waals surface area contributed by atoms with Crippen LogP contribution in [0.15, 0.2) is 12.1 Å². The van der Waals surface area contributed by atoms with Crippen molar-refractivity contribution in [2.24, 2.45) is 0 Å². The Kier molecular flexibility index (Phi) is 2.51. The van der Waals surface area contributed by atoms with E-state index < -0.39 is 11.6 Å². The van der Waals surface area contributed by atoms with E-state index in [1.54, 1.807) is 0 Å². The maximum Gasteiger partial charge on any atom is 0.194 e. The van der Waals surface area contributed by atoms with E-state index in [4.69, 9.17) is 5.11 Å². The van der Waals surface area contributed by atoms with Crippen molar-refractivity contribution in [3.63, 3.8) is 0 Å². The average molecular weight is 184 g/mol. The van der Waals surface area contributed by atoms with E-state index in [1.807, 2.05) is 0 Å². The molecule has 0 aromatic heterocycles. The highest BCUT2D eigenvalue weighted by atomic mass is 19.1. The van der Waals surface area contributed by atoms with Gasteiger partial charge in [0.1, 0.15) is 0 Å². The van der Waals surface area contributed by atoms with Crippen LogP contribution in [0.25, 0.3) is 0 Å². The molecule has 0 aliphatic carbocycles. The first-order chi connectivity index (χ1) is 6.06. The summed E-state index contributed by atoms with van der Waals surface area (Å²) >= 11 is 0. The number of carbonyl (C=O) groups excluding carboxylic acids is 1. The fourth-order valence-corrected chi connectivity index (χ4v) is 0.933. The largest absolute Gasteiger partial charge is 0.502 e. The van der Waals surface area contributed by atoms with Gasteiger partial charge in [0.2, 0.25) is 0 Å². The van der Waals surface area contributed by atoms with E-state index in [9.17, 15) is 9.18 Å². The van der Waals surface area contributed by atoms with Crippen LogP contribution in [0.3, 0.4) is 0 Å². The van der Waals surface area contributed by atoms with Crippen LogP contribution >= 0.6 is 0 Å². The Bertz CT molecular complexity index is 347. The molecule has 0 aliphatic heterocycles. The highest BCUT2D eigenvalue weighted by Crippen LogP contribution is 2.30. The van der Waals surface area contributed by atoms with Crippen molar-refractivity contribution < 1.29 is 19.0 Å². The average Bonchev–Trinajstić information content (AvgIpc) is 2.09. The Hall–Kier alpha value is -1.58. The lowest BCUT2D eigenvalue weighted by molar-refractivity contribution is 0.101. The van der Waals surface area contributed by atoms with E-state index in [1.165, 1.54) is 20.1 Å². The molecule has 0 amide bonds. The van der Waals surface area contributed by atoms with Crippen molar-refractivity contribution in [2.75, 3.05) is 7.11 Å². The monoisotopic (exact) mass is 184 g/mol. The quantitative estimate of drug-likeness (QED) is 0.712. The second kappa shape index (κ2) is 3.43. The molecule has 0 fully saturated rings. The summed E-state index contributed by atoms with van der Waals surface area (Å²) in [6, 6.07) is 2.26. The van der Waals surface area contributed by atoms with Crippen LogP contribution in [0.2, 0.25) is 0 Å². The summed E-state index contributed by atoms with van der Waals surface area (Å²) in [5.74, 6) is -1.75. The topological polar surface area (TPSA) is 46.5 Å². The SMILES string of the molecule is COc1cc(C(C)=O)cc(F)c1O. The molecule has 4 heteroatoms. The Morgan fingerprint density at radius 3 is 2.62 bits per heavy atom. The number of Topliss-reactive ketones (excluding diaryl/α,β-unsaturated/α-hetero) is 1. The Labute approximate surface area is 74.8 Å². The Morgan fingerprint density at radius 2 is 2.15 bits per heavy atom. The Morgan fingerprint density at radius 1 is 1.54 bits per heavy atom. The fourth-order valence-electron chi connectivity index (χ4n) is 0.933. The number of carbonyl (C=O) groups is 1. The number of aromatic hydroxyl groups is 1. The second-order valence-electron chi connectivity index (χ2n) is 2.57. The molecule has 0 unspecified atom stereocenters. The van der Waals surface area contributed by atoms with Crippen molar-refractivity contribution in [1.29, 1.82) is 0 Å². The first-order valence-corrected chi connectivity index (χ1v) is 3.63. The molecule has 3 nitrogen and oxygen atoms in total. The van der Waals surface area contributed by atoms with E-state index in [0.29, 0.717) is 0 Å². The van der Waals surface area contributed by atoms with E-state index in [2.05, 4.69) is 4.74 Å². The number of hydrogen-bond acceptors (Lipinski definition) is 3. The summed E-state index contributed by atoms with van der Waals surface area (Å²) in [5, 5.41) is 9.09. The first-order valence-electron chi connectivity index (χ1n) is 3.63. The number of ether oxygens (including phenoxy) is 1. The summed E-state index contributed by atoms with van der Waals surface area (Å²) in [6.45, 7) is 1.31. The molecule has 70 valence electrons. The minimum absolute atomic E-state index is 0.0369. The molecule has 1 aromatic carbocycles. The highest BCUT2D eigenvalue weighted by molar-refractivity contribution is 5.94. The number of phenolic OH excluding ortho intramolecular Hbond substituents is 1. The number of halogens is 1. The maximum absolute atomic E-state index is 12.9. The van der Waals surface area contributed by atoms with Gasteiger partial charge in [0.05, 0.1) is 7.11 Å². The smallest absolute Gasteiger partial charge is 0.194 e. The van der Waals surface area contributed by atoms with Crippen molar-refractivity contribution in [3.05, 3.63) is 23.5 Å². The zero-order valence-corrected chi connectivity index (χ0v) is 7.30. The summed E-state index contributed by atoms with van der Waals surface area (Å²) < 4.78 is 17.6. The lowest BCUT2D eigenvalue weighted by Crippen LogP contribution is -1.95. The van der Waals surface area contributed by atoms with Gasteiger partial charge in [-0.1, -0.05) is 0 Å². The molecule has 0 radical (unpaired) electrons. The van der Waals surface area contributed by atoms with Gasteiger partial charge in [-0.15, -0.1) is 0 Å². The van der Waals surface area contributed by atoms with Gasteiger partial charge in [-0.2, -0.15) is 0 Å². The normalized spacial score (nSPS) is 9.77. The number of rotatable bonds is 2. The predicted octanol–water partition coefficient (Wildman–Crippen LogP) is 1.74. The molecule has 1 aromatic rings. The van der Waals surface area contributed by atoms with Gasteiger partial charge in [-0.25, -0.2) is 4.39 Å². The van der Waals surface area contributed by atoms with Crippen LogP contribution in [-0.2, 0) is 0 Å². The van der Waals surface area contributed by atoms with E-state index >= 15 is 0 Å². The zero-order valence-electron chi connectivity index (χ0n) is 7.30. The summed E-state index contributed by atoms with van der Waals surface area (Å²) in [6.07, 6.45) is 0. The minimum atomic E-state index is -0.857. The van der Waals surface area contributed by atoms with Crippen molar-refractivity contribution in [3.8, 4) is 11.5 Å². The van der Waals surface area contributed by atoms with Gasteiger partial charge >= 0.3 is 0 Å². The molecule has 13 heavy (non-hydrogen) atoms. The maximum atomic E-state index is 12.9. The molecule has 1 rings (SSSR count). The van der Waals surface area contributed by atoms with Crippen LogP contribution in [0.4, 0.5) is 4.39 Å². The third kappa shape index (κ3) is 1.77. The molecule has 1 N–H and O–H groups in total. The first kappa shape index (κ1) is 9.51. The van der Waals surface area contributed by atoms with Gasteiger partial charge in [0.15, 0.2) is 23.1 Å². The third-order valence-corrected chi connectivity index (χ3v) is 1.65. The summed E-state index contributed by atoms with van der Waals surface area (Å²) in [4.78, 5) is 10.9. The molecule has 0 saturated carbocycles.